The number of aromatic carboxylic acids is 1. The average Bonchev–Trinajstić information content (AvgIpc) is 2.95. The number of ether oxygens (including phenoxy) is 1. The first-order valence-corrected chi connectivity index (χ1v) is 12.3. The number of rotatable bonds is 8. The van der Waals surface area contributed by atoms with Gasteiger partial charge in [-0.05, 0) is 59.5 Å². The number of amides is 3. The summed E-state index contributed by atoms with van der Waals surface area (Å²) in [5.41, 5.74) is 8.41. The highest BCUT2D eigenvalue weighted by Gasteiger charge is 2.53. The van der Waals surface area contributed by atoms with Gasteiger partial charge < -0.3 is 20.9 Å². The van der Waals surface area contributed by atoms with Gasteiger partial charge in [0.2, 0.25) is 5.91 Å². The Morgan fingerprint density at radius 3 is 2.13 bits per heavy atom. The molecule has 1 saturated heterocycles. The second-order valence-electron chi connectivity index (χ2n) is 9.15. The molecule has 3 aromatic carbocycles. The maximum atomic E-state index is 13.6. The number of carbonyl (C=O) groups is 3. The zero-order valence-electron chi connectivity index (χ0n) is 20.8. The number of benzene rings is 3. The number of hydrogen-bond donors (Lipinski definition) is 3. The predicted octanol–water partition coefficient (Wildman–Crippen LogP) is 4.27. The quantitative estimate of drug-likeness (QED) is 0.294. The molecule has 2 heterocycles. The largest absolute Gasteiger partial charge is 0.478 e. The molecule has 0 aliphatic carbocycles. The molecule has 9 nitrogen and oxygen atoms in total. The van der Waals surface area contributed by atoms with Crippen molar-refractivity contribution in [1.29, 1.82) is 0 Å². The molecular formula is C30H26N4O5. The molecule has 2 unspecified atom stereocenters. The predicted molar refractivity (Wildman–Crippen MR) is 144 cm³/mol. The Morgan fingerprint density at radius 2 is 1.56 bits per heavy atom. The van der Waals surface area contributed by atoms with E-state index in [0.29, 0.717) is 11.6 Å². The minimum Gasteiger partial charge on any atom is -0.478 e. The van der Waals surface area contributed by atoms with Crippen LogP contribution in [0.15, 0.2) is 103 Å². The molecule has 196 valence electrons. The molecule has 1 aromatic heterocycles. The Hall–Kier alpha value is -5.18. The number of nitrogens with zero attached hydrogens (tertiary/aromatic N) is 2. The first-order valence-electron chi connectivity index (χ1n) is 12.3. The van der Waals surface area contributed by atoms with Crippen LogP contribution in [0, 0.1) is 5.92 Å². The molecule has 4 aromatic rings. The number of β-lactam (4-membered cyclic amide) rings is 1. The number of carbonyl (C=O) groups excluding carboxylic acids is 2. The van der Waals surface area contributed by atoms with Gasteiger partial charge >= 0.3 is 12.0 Å². The van der Waals surface area contributed by atoms with Gasteiger partial charge in [0.05, 0.1) is 17.5 Å². The van der Waals surface area contributed by atoms with Crippen LogP contribution in [0.25, 0.3) is 0 Å². The van der Waals surface area contributed by atoms with Crippen molar-refractivity contribution in [2.45, 2.75) is 18.7 Å². The van der Waals surface area contributed by atoms with E-state index >= 15 is 0 Å². The minimum atomic E-state index is -1.07. The van der Waals surface area contributed by atoms with Crippen LogP contribution in [0.2, 0.25) is 0 Å². The Morgan fingerprint density at radius 1 is 0.949 bits per heavy atom. The fourth-order valence-electron chi connectivity index (χ4n) is 4.60. The molecule has 0 saturated carbocycles. The van der Waals surface area contributed by atoms with Gasteiger partial charge in [-0.15, -0.1) is 0 Å². The lowest BCUT2D eigenvalue weighted by molar-refractivity contribution is -0.166. The molecular weight excluding hydrogens is 496 g/mol. The van der Waals surface area contributed by atoms with E-state index in [-0.39, 0.29) is 12.0 Å². The number of aromatic nitrogens is 1. The number of carboxylic acid groups (broad SMARTS) is 1. The number of nitrogens with two attached hydrogens (primary N) is 1. The summed E-state index contributed by atoms with van der Waals surface area (Å²) in [6.07, 6.45) is 0.923. The van der Waals surface area contributed by atoms with E-state index in [9.17, 15) is 19.5 Å². The van der Waals surface area contributed by atoms with Gasteiger partial charge in [-0.25, -0.2) is 19.5 Å². The lowest BCUT2D eigenvalue weighted by atomic mass is 9.89. The number of pyridine rings is 1. The Balaban J connectivity index is 1.42. The van der Waals surface area contributed by atoms with E-state index in [1.54, 1.807) is 18.3 Å². The maximum absolute atomic E-state index is 13.6. The number of carboxylic acids is 1. The van der Waals surface area contributed by atoms with Crippen LogP contribution in [0.3, 0.4) is 0 Å². The third-order valence-electron chi connectivity index (χ3n) is 6.56. The standard InChI is InChI=1S/C30H26N4O5/c31-25-18-19(15-16-32-25)17-24-27(35)34(28(24)39-23-13-11-22(12-14-23)29(36)37)30(38)33-26(20-7-3-1-4-8-20)21-9-5-2-6-10-21/h1-16,18,24,26,28H,17H2,(H2,31,32)(H,33,38)(H,36,37). The summed E-state index contributed by atoms with van der Waals surface area (Å²) in [6, 6.07) is 27.1. The van der Waals surface area contributed by atoms with E-state index in [2.05, 4.69) is 10.3 Å². The molecule has 2 atom stereocenters. The van der Waals surface area contributed by atoms with Crippen LogP contribution in [0.1, 0.15) is 33.1 Å². The van der Waals surface area contributed by atoms with Crippen molar-refractivity contribution in [3.63, 3.8) is 0 Å². The lowest BCUT2D eigenvalue weighted by Crippen LogP contribution is -2.68. The zero-order chi connectivity index (χ0) is 27.4. The van der Waals surface area contributed by atoms with Gasteiger partial charge in [0, 0.05) is 6.20 Å². The van der Waals surface area contributed by atoms with Crippen molar-refractivity contribution in [2.24, 2.45) is 5.92 Å². The zero-order valence-corrected chi connectivity index (χ0v) is 20.8. The summed E-state index contributed by atoms with van der Waals surface area (Å²) in [4.78, 5) is 43.3. The fraction of sp³-hybridized carbons (Fsp3) is 0.133. The van der Waals surface area contributed by atoms with Crippen LogP contribution in [-0.2, 0) is 11.2 Å². The second kappa shape index (κ2) is 11.1. The first-order chi connectivity index (χ1) is 18.9. The number of urea groups is 1. The fourth-order valence-corrected chi connectivity index (χ4v) is 4.60. The van der Waals surface area contributed by atoms with Crippen molar-refractivity contribution < 1.29 is 24.2 Å². The molecule has 0 spiro atoms. The summed E-state index contributed by atoms with van der Waals surface area (Å²) in [5, 5.41) is 12.2. The van der Waals surface area contributed by atoms with Crippen LogP contribution < -0.4 is 15.8 Å². The van der Waals surface area contributed by atoms with Crippen molar-refractivity contribution in [2.75, 3.05) is 5.73 Å². The molecule has 0 bridgehead atoms. The van der Waals surface area contributed by atoms with Crippen molar-refractivity contribution in [3.8, 4) is 5.75 Å². The third-order valence-corrected chi connectivity index (χ3v) is 6.56. The van der Waals surface area contributed by atoms with E-state index < -0.39 is 36.1 Å². The number of nitrogens with one attached hydrogen (secondary N) is 1. The first kappa shape index (κ1) is 25.5. The van der Waals surface area contributed by atoms with Gasteiger partial charge in [0.25, 0.3) is 0 Å². The van der Waals surface area contributed by atoms with Gasteiger partial charge in [0.1, 0.15) is 11.6 Å². The van der Waals surface area contributed by atoms with Gasteiger partial charge in [-0.2, -0.15) is 0 Å². The Labute approximate surface area is 224 Å². The average molecular weight is 523 g/mol. The van der Waals surface area contributed by atoms with Crippen LogP contribution in [-0.4, -0.2) is 39.1 Å². The van der Waals surface area contributed by atoms with Gasteiger partial charge in [0.15, 0.2) is 6.23 Å². The highest BCUT2D eigenvalue weighted by atomic mass is 16.5. The monoisotopic (exact) mass is 522 g/mol. The molecule has 4 N–H and O–H groups in total. The van der Waals surface area contributed by atoms with Crippen LogP contribution in [0.4, 0.5) is 10.6 Å². The molecule has 1 aliphatic heterocycles. The highest BCUT2D eigenvalue weighted by Crippen LogP contribution is 2.34. The summed E-state index contributed by atoms with van der Waals surface area (Å²) in [5.74, 6) is -1.47. The highest BCUT2D eigenvalue weighted by molar-refractivity contribution is 6.01. The van der Waals surface area contributed by atoms with E-state index in [0.717, 1.165) is 21.6 Å². The molecule has 0 radical (unpaired) electrons. The maximum Gasteiger partial charge on any atom is 0.335 e. The molecule has 1 aliphatic rings. The van der Waals surface area contributed by atoms with E-state index in [1.807, 2.05) is 60.7 Å². The molecule has 39 heavy (non-hydrogen) atoms. The third kappa shape index (κ3) is 5.57. The van der Waals surface area contributed by atoms with Crippen molar-refractivity contribution >= 4 is 23.7 Å². The number of imide groups is 1. The van der Waals surface area contributed by atoms with Crippen LogP contribution >= 0.6 is 0 Å². The number of anilines is 1. The number of nitrogen functional groups attached to an aromatic ring is 1. The minimum absolute atomic E-state index is 0.0963. The SMILES string of the molecule is Nc1cc(CC2C(=O)N(C(=O)NC(c3ccccc3)c3ccccc3)C2Oc2ccc(C(=O)O)cc2)ccn1. The summed E-state index contributed by atoms with van der Waals surface area (Å²) < 4.78 is 6.10. The Bertz CT molecular complexity index is 1440. The van der Waals surface area contributed by atoms with Crippen LogP contribution in [0.5, 0.6) is 5.75 Å². The molecule has 1 fully saturated rings. The van der Waals surface area contributed by atoms with Gasteiger partial charge in [-0.1, -0.05) is 60.7 Å². The lowest BCUT2D eigenvalue weighted by Gasteiger charge is -2.45. The van der Waals surface area contributed by atoms with E-state index in [1.165, 1.54) is 24.3 Å². The number of hydrogen-bond acceptors (Lipinski definition) is 6. The molecule has 5 rings (SSSR count). The van der Waals surface area contributed by atoms with Crippen molar-refractivity contribution in [1.82, 2.24) is 15.2 Å². The Kier molecular flexibility index (Phi) is 7.22. The molecule has 9 heteroatoms. The topological polar surface area (TPSA) is 135 Å². The molecule has 3 amide bonds. The summed E-state index contributed by atoms with van der Waals surface area (Å²) in [6.45, 7) is 0. The number of likely N-dealkylation sites (tertiary alicyclic amines) is 1. The van der Waals surface area contributed by atoms with Crippen molar-refractivity contribution in [3.05, 3.63) is 126 Å². The summed E-state index contributed by atoms with van der Waals surface area (Å²) in [7, 11) is 0. The smallest absolute Gasteiger partial charge is 0.335 e. The van der Waals surface area contributed by atoms with E-state index in [4.69, 9.17) is 10.5 Å². The second-order valence-corrected chi connectivity index (χ2v) is 9.15. The van der Waals surface area contributed by atoms with Gasteiger partial charge in [-0.3, -0.25) is 4.79 Å². The summed E-state index contributed by atoms with van der Waals surface area (Å²) >= 11 is 0. The normalized spacial score (nSPS) is 16.4.